The molecule has 0 spiro atoms. The van der Waals surface area contributed by atoms with Gasteiger partial charge >= 0.3 is 0 Å². The van der Waals surface area contributed by atoms with Crippen LogP contribution < -0.4 is 10.2 Å². The van der Waals surface area contributed by atoms with Crippen LogP contribution in [0, 0.1) is 0 Å². The van der Waals surface area contributed by atoms with Crippen LogP contribution in [-0.2, 0) is 18.4 Å². The SMILES string of the molecule is CCCCCCCCCC/C=C\CCCCCCCCCCCCCCCCCCCCCCCC(=O)NC(COP(=O)([O-])OCC[N+](C)(C)C)C(O)CCCCCCCCCCCCCCCCCCCCCCCCCCCCCCCCCC. The number of phosphoric ester groups is 1. The van der Waals surface area contributed by atoms with Crippen molar-refractivity contribution in [3.05, 3.63) is 12.2 Å². The third-order valence-electron chi connectivity index (χ3n) is 18.8. The molecule has 0 aliphatic heterocycles. The zero-order valence-electron chi connectivity index (χ0n) is 59.8. The molecule has 2 N–H and O–H groups in total. The molecule has 0 aliphatic carbocycles. The Bertz CT molecular complexity index is 1420. The summed E-state index contributed by atoms with van der Waals surface area (Å²) in [5.74, 6) is -0.153. The van der Waals surface area contributed by atoms with Crippen molar-refractivity contribution in [2.75, 3.05) is 40.9 Å². The van der Waals surface area contributed by atoms with E-state index in [1.807, 2.05) is 21.1 Å². The first kappa shape index (κ1) is 86.2. The number of hydrogen-bond acceptors (Lipinski definition) is 6. The largest absolute Gasteiger partial charge is 0.756 e. The molecule has 3 unspecified atom stereocenters. The zero-order chi connectivity index (χ0) is 63.4. The summed E-state index contributed by atoms with van der Waals surface area (Å²) < 4.78 is 23.6. The van der Waals surface area contributed by atoms with Crippen molar-refractivity contribution >= 4 is 13.7 Å². The normalized spacial score (nSPS) is 13.5. The van der Waals surface area contributed by atoms with Gasteiger partial charge in [0.15, 0.2) is 0 Å². The zero-order valence-corrected chi connectivity index (χ0v) is 60.7. The molecule has 0 rings (SSSR count). The van der Waals surface area contributed by atoms with Crippen LogP contribution in [-0.4, -0.2) is 68.5 Å². The molecule has 0 radical (unpaired) electrons. The number of quaternary nitrogens is 1. The van der Waals surface area contributed by atoms with Crippen LogP contribution in [0.1, 0.15) is 431 Å². The van der Waals surface area contributed by atoms with Gasteiger partial charge in [0.1, 0.15) is 13.2 Å². The molecule has 9 heteroatoms. The van der Waals surface area contributed by atoms with E-state index in [9.17, 15) is 19.4 Å². The van der Waals surface area contributed by atoms with Gasteiger partial charge in [0.25, 0.3) is 7.82 Å². The molecule has 0 heterocycles. The maximum Gasteiger partial charge on any atom is 0.268 e. The van der Waals surface area contributed by atoms with Crippen molar-refractivity contribution in [1.82, 2.24) is 5.32 Å². The number of aliphatic hydroxyl groups is 1. The second-order valence-corrected chi connectivity index (χ2v) is 30.2. The minimum atomic E-state index is -4.58. The predicted octanol–water partition coefficient (Wildman–Crippen LogP) is 25.0. The third kappa shape index (κ3) is 72.5. The Labute approximate surface area is 545 Å². The van der Waals surface area contributed by atoms with Crippen LogP contribution in [0.15, 0.2) is 12.2 Å². The first-order valence-corrected chi connectivity index (χ1v) is 41.0. The highest BCUT2D eigenvalue weighted by Crippen LogP contribution is 2.38. The minimum Gasteiger partial charge on any atom is -0.756 e. The fourth-order valence-corrected chi connectivity index (χ4v) is 13.4. The number of unbranched alkanes of at least 4 members (excludes halogenated alkanes) is 60. The number of nitrogens with one attached hydrogen (secondary N) is 1. The first-order chi connectivity index (χ1) is 42.5. The standard InChI is InChI=1S/C78H157N2O6P/c1-6-8-10-12-14-16-18-20-22-24-26-28-30-32-34-36-38-40-42-44-46-48-50-52-54-56-58-60-62-64-66-68-70-72-78(82)79-76(75-86-87(83,84)85-74-73-80(3,4)5)77(81)71-69-67-65-63-61-59-57-55-53-51-49-47-45-43-41-39-37-35-33-31-29-27-25-23-21-19-17-15-13-11-9-7-2/h24,26,76-77,81H,6-23,25,27-75H2,1-5H3,(H-,79,82,83,84)/b26-24-. The Hall–Kier alpha value is -0.760. The first-order valence-electron chi connectivity index (χ1n) is 39.5. The second kappa shape index (κ2) is 69.6. The van der Waals surface area contributed by atoms with E-state index < -0.39 is 20.0 Å². The van der Waals surface area contributed by atoms with E-state index in [-0.39, 0.29) is 19.1 Å². The van der Waals surface area contributed by atoms with E-state index in [1.54, 1.807) is 0 Å². The lowest BCUT2D eigenvalue weighted by molar-refractivity contribution is -0.870. The highest BCUT2D eigenvalue weighted by Gasteiger charge is 2.24. The van der Waals surface area contributed by atoms with E-state index in [4.69, 9.17) is 9.05 Å². The monoisotopic (exact) mass is 1250 g/mol. The van der Waals surface area contributed by atoms with Crippen molar-refractivity contribution in [2.24, 2.45) is 0 Å². The molecular formula is C78H157N2O6P. The van der Waals surface area contributed by atoms with Gasteiger partial charge in [0.2, 0.25) is 5.91 Å². The van der Waals surface area contributed by atoms with Gasteiger partial charge in [-0.05, 0) is 38.5 Å². The van der Waals surface area contributed by atoms with Crippen molar-refractivity contribution in [3.63, 3.8) is 0 Å². The lowest BCUT2D eigenvalue weighted by Gasteiger charge is -2.30. The molecule has 520 valence electrons. The van der Waals surface area contributed by atoms with Crippen molar-refractivity contribution in [1.29, 1.82) is 0 Å². The van der Waals surface area contributed by atoms with E-state index in [0.717, 1.165) is 38.5 Å². The van der Waals surface area contributed by atoms with Crippen LogP contribution in [0.5, 0.6) is 0 Å². The quantitative estimate of drug-likeness (QED) is 0.0272. The Balaban J connectivity index is 3.92. The molecule has 0 bridgehead atoms. The number of carbonyl (C=O) groups excluding carboxylic acids is 1. The van der Waals surface area contributed by atoms with Gasteiger partial charge in [-0.2, -0.15) is 0 Å². The minimum absolute atomic E-state index is 0.0162. The maximum atomic E-state index is 13.1. The number of aliphatic hydroxyl groups excluding tert-OH is 1. The van der Waals surface area contributed by atoms with Gasteiger partial charge in [-0.15, -0.1) is 0 Å². The summed E-state index contributed by atoms with van der Waals surface area (Å²) >= 11 is 0. The smallest absolute Gasteiger partial charge is 0.268 e. The number of likely N-dealkylation sites (N-methyl/N-ethyl adjacent to an activating group) is 1. The van der Waals surface area contributed by atoms with Crippen molar-refractivity contribution < 1.29 is 32.9 Å². The fraction of sp³-hybridized carbons (Fsp3) is 0.962. The summed E-state index contributed by atoms with van der Waals surface area (Å²) in [6.07, 6.45) is 90.5. The van der Waals surface area contributed by atoms with Crippen LogP contribution in [0.25, 0.3) is 0 Å². The average molecular weight is 1250 g/mol. The topological polar surface area (TPSA) is 108 Å². The highest BCUT2D eigenvalue weighted by atomic mass is 31.2. The van der Waals surface area contributed by atoms with E-state index in [1.165, 1.54) is 366 Å². The molecule has 87 heavy (non-hydrogen) atoms. The number of nitrogens with zero attached hydrogens (tertiary/aromatic N) is 1. The lowest BCUT2D eigenvalue weighted by Crippen LogP contribution is -2.46. The molecule has 0 aromatic rings. The fourth-order valence-electron chi connectivity index (χ4n) is 12.6. The molecule has 8 nitrogen and oxygen atoms in total. The average Bonchev–Trinajstić information content (AvgIpc) is 3.71. The number of amides is 1. The van der Waals surface area contributed by atoms with E-state index in [0.29, 0.717) is 23.9 Å². The molecular weight excluding hydrogens is 1090 g/mol. The summed E-state index contributed by atoms with van der Waals surface area (Å²) in [6.45, 7) is 4.80. The number of allylic oxidation sites excluding steroid dienone is 2. The van der Waals surface area contributed by atoms with Gasteiger partial charge in [0, 0.05) is 6.42 Å². The Morgan fingerprint density at radius 2 is 0.632 bits per heavy atom. The highest BCUT2D eigenvalue weighted by molar-refractivity contribution is 7.45. The van der Waals surface area contributed by atoms with Gasteiger partial charge in [0.05, 0.1) is 39.9 Å². The van der Waals surface area contributed by atoms with Crippen LogP contribution in [0.2, 0.25) is 0 Å². The van der Waals surface area contributed by atoms with Gasteiger partial charge in [-0.25, -0.2) is 0 Å². The van der Waals surface area contributed by atoms with Crippen LogP contribution >= 0.6 is 7.82 Å². The number of phosphoric acid groups is 1. The molecule has 0 saturated carbocycles. The van der Waals surface area contributed by atoms with Gasteiger partial charge in [-0.1, -0.05) is 398 Å². The predicted molar refractivity (Wildman–Crippen MR) is 381 cm³/mol. The van der Waals surface area contributed by atoms with Crippen LogP contribution in [0.4, 0.5) is 0 Å². The summed E-state index contributed by atoms with van der Waals surface area (Å²) in [5.41, 5.74) is 0. The summed E-state index contributed by atoms with van der Waals surface area (Å²) in [6, 6.07) is -0.799. The van der Waals surface area contributed by atoms with E-state index in [2.05, 4.69) is 31.3 Å². The summed E-state index contributed by atoms with van der Waals surface area (Å²) in [4.78, 5) is 25.7. The molecule has 0 aliphatic rings. The van der Waals surface area contributed by atoms with E-state index >= 15 is 0 Å². The van der Waals surface area contributed by atoms with Crippen LogP contribution in [0.3, 0.4) is 0 Å². The Kier molecular flexibility index (Phi) is 69.0. The molecule has 0 aromatic carbocycles. The summed E-state index contributed by atoms with van der Waals surface area (Å²) in [5, 5.41) is 14.1. The van der Waals surface area contributed by atoms with Gasteiger partial charge < -0.3 is 28.8 Å². The second-order valence-electron chi connectivity index (χ2n) is 28.8. The Morgan fingerprint density at radius 3 is 0.897 bits per heavy atom. The molecule has 3 atom stereocenters. The number of carbonyl (C=O) groups is 1. The molecule has 0 aromatic heterocycles. The lowest BCUT2D eigenvalue weighted by atomic mass is 10.0. The molecule has 0 fully saturated rings. The summed E-state index contributed by atoms with van der Waals surface area (Å²) in [7, 11) is 1.33. The Morgan fingerprint density at radius 1 is 0.391 bits per heavy atom. The number of hydrogen-bond donors (Lipinski definition) is 2. The van der Waals surface area contributed by atoms with Crippen molar-refractivity contribution in [3.8, 4) is 0 Å². The van der Waals surface area contributed by atoms with Gasteiger partial charge in [-0.3, -0.25) is 9.36 Å². The maximum absolute atomic E-state index is 13.1. The van der Waals surface area contributed by atoms with Crippen molar-refractivity contribution in [2.45, 2.75) is 443 Å². The molecule has 0 saturated heterocycles. The molecule has 1 amide bonds. The number of rotatable bonds is 75. The third-order valence-corrected chi connectivity index (χ3v) is 19.7.